The largest absolute Gasteiger partial charge is 0.265 e. The third kappa shape index (κ3) is 3.23. The average Bonchev–Trinajstić information content (AvgIpc) is 2.42. The Hall–Kier alpha value is -1.31. The second kappa shape index (κ2) is 5.99. The van der Waals surface area contributed by atoms with Crippen LogP contribution < -0.4 is 0 Å². The van der Waals surface area contributed by atoms with Crippen LogP contribution in [-0.2, 0) is 16.6 Å². The van der Waals surface area contributed by atoms with Gasteiger partial charge in [-0.3, -0.25) is 4.98 Å². The minimum absolute atomic E-state index is 0.0743. The number of hydrogen-bond donors (Lipinski definition) is 0. The molecule has 0 aliphatic heterocycles. The van der Waals surface area contributed by atoms with Crippen LogP contribution in [0.3, 0.4) is 0 Å². The van der Waals surface area contributed by atoms with Gasteiger partial charge in [0.15, 0.2) is 0 Å². The summed E-state index contributed by atoms with van der Waals surface area (Å²) < 4.78 is 39.5. The fourth-order valence-electron chi connectivity index (χ4n) is 1.65. The Labute approximate surface area is 125 Å². The number of hydrogen-bond acceptors (Lipinski definition) is 3. The Morgan fingerprint density at radius 1 is 1.25 bits per heavy atom. The molecule has 1 heterocycles. The SMILES string of the molecule is CN(Cc1ccncc1)S(=O)(=O)c1ccc(Br)c(F)c1. The first-order valence-corrected chi connectivity index (χ1v) is 7.95. The molecule has 2 aromatic rings. The standard InChI is InChI=1S/C13H12BrFN2O2S/c1-17(9-10-4-6-16-7-5-10)20(18,19)11-2-3-12(14)13(15)8-11/h2-8H,9H2,1H3. The van der Waals surface area contributed by atoms with Gasteiger partial charge < -0.3 is 0 Å². The van der Waals surface area contributed by atoms with Crippen molar-refractivity contribution in [2.45, 2.75) is 11.4 Å². The van der Waals surface area contributed by atoms with Crippen molar-refractivity contribution in [2.24, 2.45) is 0 Å². The van der Waals surface area contributed by atoms with Crippen molar-refractivity contribution in [1.82, 2.24) is 9.29 Å². The summed E-state index contributed by atoms with van der Waals surface area (Å²) in [4.78, 5) is 3.80. The number of pyridine rings is 1. The molecule has 0 spiro atoms. The molecule has 0 N–H and O–H groups in total. The highest BCUT2D eigenvalue weighted by atomic mass is 79.9. The molecule has 0 saturated carbocycles. The van der Waals surface area contributed by atoms with Crippen molar-refractivity contribution in [1.29, 1.82) is 0 Å². The second-order valence-electron chi connectivity index (χ2n) is 4.19. The molecule has 106 valence electrons. The lowest BCUT2D eigenvalue weighted by atomic mass is 10.3. The lowest BCUT2D eigenvalue weighted by Gasteiger charge is -2.17. The maximum atomic E-state index is 13.5. The van der Waals surface area contributed by atoms with Crippen molar-refractivity contribution in [3.63, 3.8) is 0 Å². The van der Waals surface area contributed by atoms with E-state index in [-0.39, 0.29) is 15.9 Å². The molecule has 0 fully saturated rings. The van der Waals surface area contributed by atoms with Gasteiger partial charge in [-0.2, -0.15) is 4.31 Å². The van der Waals surface area contributed by atoms with Crippen LogP contribution in [0.1, 0.15) is 5.56 Å². The van der Waals surface area contributed by atoms with Crippen LogP contribution in [0, 0.1) is 5.82 Å². The van der Waals surface area contributed by atoms with E-state index in [4.69, 9.17) is 0 Å². The molecule has 0 amide bonds. The summed E-state index contributed by atoms with van der Waals surface area (Å²) in [5, 5.41) is 0. The zero-order valence-corrected chi connectivity index (χ0v) is 13.0. The Morgan fingerprint density at radius 3 is 2.50 bits per heavy atom. The first-order chi connectivity index (χ1) is 9.41. The van der Waals surface area contributed by atoms with E-state index in [0.29, 0.717) is 0 Å². The molecule has 2 rings (SSSR count). The number of nitrogens with zero attached hydrogens (tertiary/aromatic N) is 2. The van der Waals surface area contributed by atoms with Crippen LogP contribution in [-0.4, -0.2) is 24.8 Å². The fourth-order valence-corrected chi connectivity index (χ4v) is 3.07. The van der Waals surface area contributed by atoms with E-state index in [2.05, 4.69) is 20.9 Å². The molecule has 1 aromatic heterocycles. The van der Waals surface area contributed by atoms with Crippen molar-refractivity contribution in [3.05, 3.63) is 58.6 Å². The van der Waals surface area contributed by atoms with E-state index >= 15 is 0 Å². The summed E-state index contributed by atoms with van der Waals surface area (Å²) in [6, 6.07) is 7.21. The molecule has 0 radical (unpaired) electrons. The van der Waals surface area contributed by atoms with Crippen LogP contribution in [0.2, 0.25) is 0 Å². The highest BCUT2D eigenvalue weighted by Gasteiger charge is 2.21. The van der Waals surface area contributed by atoms with Crippen LogP contribution in [0.25, 0.3) is 0 Å². The maximum absolute atomic E-state index is 13.5. The van der Waals surface area contributed by atoms with Crippen molar-refractivity contribution < 1.29 is 12.8 Å². The van der Waals surface area contributed by atoms with Crippen LogP contribution >= 0.6 is 15.9 Å². The molecule has 1 aromatic carbocycles. The summed E-state index contributed by atoms with van der Waals surface area (Å²) in [6.07, 6.45) is 3.18. The second-order valence-corrected chi connectivity index (χ2v) is 7.09. The molecule has 0 atom stereocenters. The number of sulfonamides is 1. The van der Waals surface area contributed by atoms with E-state index in [0.717, 1.165) is 11.6 Å². The number of aromatic nitrogens is 1. The average molecular weight is 359 g/mol. The van der Waals surface area contributed by atoms with Gasteiger partial charge in [0.2, 0.25) is 10.0 Å². The summed E-state index contributed by atoms with van der Waals surface area (Å²) in [7, 11) is -2.27. The minimum atomic E-state index is -3.72. The molecule has 0 bridgehead atoms. The summed E-state index contributed by atoms with van der Waals surface area (Å²) >= 11 is 3.00. The first-order valence-electron chi connectivity index (χ1n) is 5.71. The third-order valence-electron chi connectivity index (χ3n) is 2.75. The molecular formula is C13H12BrFN2O2S. The lowest BCUT2D eigenvalue weighted by molar-refractivity contribution is 0.465. The van der Waals surface area contributed by atoms with Gasteiger partial charge in [-0.25, -0.2) is 12.8 Å². The van der Waals surface area contributed by atoms with Crippen LogP contribution in [0.15, 0.2) is 52.1 Å². The van der Waals surface area contributed by atoms with Crippen LogP contribution in [0.4, 0.5) is 4.39 Å². The van der Waals surface area contributed by atoms with Gasteiger partial charge in [-0.1, -0.05) is 0 Å². The highest BCUT2D eigenvalue weighted by Crippen LogP contribution is 2.22. The van der Waals surface area contributed by atoms with Crippen molar-refractivity contribution in [2.75, 3.05) is 7.05 Å². The topological polar surface area (TPSA) is 50.3 Å². The van der Waals surface area contributed by atoms with Gasteiger partial charge in [0.05, 0.1) is 9.37 Å². The normalized spacial score (nSPS) is 11.8. The zero-order valence-electron chi connectivity index (χ0n) is 10.6. The first kappa shape index (κ1) is 15.1. The summed E-state index contributed by atoms with van der Waals surface area (Å²) in [6.45, 7) is 0.197. The molecule has 0 aliphatic rings. The van der Waals surface area contributed by atoms with Gasteiger partial charge in [0.1, 0.15) is 5.82 Å². The third-order valence-corrected chi connectivity index (χ3v) is 5.20. The van der Waals surface area contributed by atoms with Crippen molar-refractivity contribution in [3.8, 4) is 0 Å². The van der Waals surface area contributed by atoms with E-state index in [1.54, 1.807) is 24.5 Å². The predicted molar refractivity (Wildman–Crippen MR) is 77.0 cm³/mol. The number of rotatable bonds is 4. The van der Waals surface area contributed by atoms with Gasteiger partial charge >= 0.3 is 0 Å². The fraction of sp³-hybridized carbons (Fsp3) is 0.154. The molecule has 0 aliphatic carbocycles. The Morgan fingerprint density at radius 2 is 1.90 bits per heavy atom. The van der Waals surface area contributed by atoms with E-state index < -0.39 is 15.8 Å². The number of benzene rings is 1. The van der Waals surface area contributed by atoms with E-state index in [9.17, 15) is 12.8 Å². The Balaban J connectivity index is 2.27. The summed E-state index contributed by atoms with van der Waals surface area (Å²) in [5.74, 6) is -0.608. The van der Waals surface area contributed by atoms with E-state index in [1.165, 1.54) is 23.5 Å². The maximum Gasteiger partial charge on any atom is 0.243 e. The summed E-state index contributed by atoms with van der Waals surface area (Å²) in [5.41, 5.74) is 0.809. The van der Waals surface area contributed by atoms with Gasteiger partial charge in [0.25, 0.3) is 0 Å². The number of halogens is 2. The zero-order chi connectivity index (χ0) is 14.8. The van der Waals surface area contributed by atoms with Gasteiger partial charge in [-0.05, 0) is 51.8 Å². The Kier molecular flexibility index (Phi) is 4.52. The molecule has 20 heavy (non-hydrogen) atoms. The lowest BCUT2D eigenvalue weighted by Crippen LogP contribution is -2.26. The minimum Gasteiger partial charge on any atom is -0.265 e. The monoisotopic (exact) mass is 358 g/mol. The van der Waals surface area contributed by atoms with Gasteiger partial charge in [0, 0.05) is 26.0 Å². The molecular weight excluding hydrogens is 347 g/mol. The van der Waals surface area contributed by atoms with Gasteiger partial charge in [-0.15, -0.1) is 0 Å². The highest BCUT2D eigenvalue weighted by molar-refractivity contribution is 9.10. The Bertz CT molecular complexity index is 708. The molecule has 0 saturated heterocycles. The smallest absolute Gasteiger partial charge is 0.243 e. The predicted octanol–water partition coefficient (Wildman–Crippen LogP) is 2.80. The van der Waals surface area contributed by atoms with Crippen LogP contribution in [0.5, 0.6) is 0 Å². The molecule has 0 unspecified atom stereocenters. The quantitative estimate of drug-likeness (QED) is 0.844. The molecule has 7 heteroatoms. The molecule has 4 nitrogen and oxygen atoms in total. The van der Waals surface area contributed by atoms with Crippen molar-refractivity contribution >= 4 is 26.0 Å². The van der Waals surface area contributed by atoms with E-state index in [1.807, 2.05) is 0 Å².